The number of rotatable bonds is 8. The highest BCUT2D eigenvalue weighted by atomic mass is 35.5. The highest BCUT2D eigenvalue weighted by Gasteiger charge is 2.57. The zero-order valence-corrected chi connectivity index (χ0v) is 24.9. The Morgan fingerprint density at radius 1 is 0.884 bits per heavy atom. The monoisotopic (exact) mass is 599 g/mol. The van der Waals surface area contributed by atoms with E-state index in [0.717, 1.165) is 19.3 Å². The van der Waals surface area contributed by atoms with Crippen LogP contribution in [0.3, 0.4) is 0 Å². The molecule has 2 N–H and O–H groups in total. The smallest absolute Gasteiger partial charge is 0.240 e. The van der Waals surface area contributed by atoms with Crippen molar-refractivity contribution >= 4 is 29.2 Å². The summed E-state index contributed by atoms with van der Waals surface area (Å²) in [5, 5.41) is 9.83. The summed E-state index contributed by atoms with van der Waals surface area (Å²) in [4.78, 5) is 44.1. The van der Waals surface area contributed by atoms with E-state index in [1.54, 1.807) is 71.6 Å². The van der Waals surface area contributed by atoms with Gasteiger partial charge in [0.2, 0.25) is 11.8 Å². The van der Waals surface area contributed by atoms with E-state index in [0.29, 0.717) is 51.6 Å². The minimum absolute atomic E-state index is 0.177. The summed E-state index contributed by atoms with van der Waals surface area (Å²) in [5.41, 5.74) is 8.23. The van der Waals surface area contributed by atoms with Crippen molar-refractivity contribution in [1.82, 2.24) is 4.90 Å². The second-order valence-electron chi connectivity index (χ2n) is 11.1. The maximum absolute atomic E-state index is 14.6. The summed E-state index contributed by atoms with van der Waals surface area (Å²) in [7, 11) is 3.04. The largest absolute Gasteiger partial charge is 0.493 e. The van der Waals surface area contributed by atoms with Gasteiger partial charge in [-0.2, -0.15) is 5.26 Å². The minimum atomic E-state index is -1.11. The molecule has 1 saturated heterocycles. The summed E-state index contributed by atoms with van der Waals surface area (Å²) < 4.78 is 11.0. The molecular formula is C34H34ClN3O5. The van der Waals surface area contributed by atoms with Crippen molar-refractivity contribution in [3.8, 4) is 17.6 Å². The van der Waals surface area contributed by atoms with Crippen LogP contribution >= 0.6 is 11.6 Å². The third-order valence-corrected chi connectivity index (χ3v) is 9.02. The Morgan fingerprint density at radius 2 is 1.51 bits per heavy atom. The number of ether oxygens (including phenoxy) is 2. The van der Waals surface area contributed by atoms with Crippen LogP contribution in [0.15, 0.2) is 66.7 Å². The van der Waals surface area contributed by atoms with Crippen LogP contribution in [0.4, 0.5) is 0 Å². The standard InChI is InChI=1S/C34H34ClN3O5/c1-42-26-17-14-24(18-27(26)43-2)28-29(32(39)22-10-8-20(19-36)9-11-22)30(21-12-15-25(35)16-13-21)38(31(28)33(37)40)34(41)23-6-4-3-5-7-23/h8-18,23,28-31H,3-7H2,1-2H3,(H2,37,40). The summed E-state index contributed by atoms with van der Waals surface area (Å²) in [6.07, 6.45) is 4.32. The molecule has 3 aromatic carbocycles. The van der Waals surface area contributed by atoms with E-state index in [-0.39, 0.29) is 17.6 Å². The number of Topliss-reactive ketones (excluding diaryl/α,β-unsaturated/α-hetero) is 1. The fourth-order valence-electron chi connectivity index (χ4n) is 6.75. The average Bonchev–Trinajstić information content (AvgIpc) is 3.41. The highest BCUT2D eigenvalue weighted by Crippen LogP contribution is 2.53. The Balaban J connectivity index is 1.75. The SMILES string of the molecule is COc1ccc(C2C(C(=O)c3ccc(C#N)cc3)C(c3ccc(Cl)cc3)N(C(=O)C3CCCCC3)C2C(N)=O)cc1OC. The van der Waals surface area contributed by atoms with Crippen LogP contribution in [0, 0.1) is 23.2 Å². The molecule has 0 bridgehead atoms. The first-order chi connectivity index (χ1) is 20.8. The van der Waals surface area contributed by atoms with Crippen LogP contribution in [0.25, 0.3) is 0 Å². The quantitative estimate of drug-likeness (QED) is 0.325. The van der Waals surface area contributed by atoms with E-state index in [1.165, 1.54) is 14.2 Å². The second-order valence-corrected chi connectivity index (χ2v) is 11.6. The highest BCUT2D eigenvalue weighted by molar-refractivity contribution is 6.30. The molecule has 8 nitrogen and oxygen atoms in total. The summed E-state index contributed by atoms with van der Waals surface area (Å²) >= 11 is 6.25. The van der Waals surface area contributed by atoms with E-state index in [1.807, 2.05) is 0 Å². The van der Waals surface area contributed by atoms with Crippen LogP contribution in [-0.4, -0.2) is 42.8 Å². The fourth-order valence-corrected chi connectivity index (χ4v) is 6.87. The maximum Gasteiger partial charge on any atom is 0.240 e. The number of primary amides is 1. The van der Waals surface area contributed by atoms with Gasteiger partial charge < -0.3 is 20.1 Å². The third kappa shape index (κ3) is 5.82. The summed E-state index contributed by atoms with van der Waals surface area (Å²) in [5.74, 6) is -2.20. The molecule has 2 amide bonds. The lowest BCUT2D eigenvalue weighted by Gasteiger charge is -2.35. The Labute approximate surface area is 256 Å². The molecule has 4 atom stereocenters. The number of carbonyl (C=O) groups excluding carboxylic acids is 3. The normalized spacial score (nSPS) is 22.0. The van der Waals surface area contributed by atoms with Crippen molar-refractivity contribution in [3.05, 3.63) is 94.0 Å². The van der Waals surface area contributed by atoms with Crippen molar-refractivity contribution in [2.75, 3.05) is 14.2 Å². The number of likely N-dealkylation sites (tertiary alicyclic amines) is 1. The van der Waals surface area contributed by atoms with Gasteiger partial charge in [0, 0.05) is 22.4 Å². The van der Waals surface area contributed by atoms with E-state index in [2.05, 4.69) is 6.07 Å². The Hall–Kier alpha value is -4.35. The van der Waals surface area contributed by atoms with E-state index in [9.17, 15) is 19.6 Å². The van der Waals surface area contributed by atoms with Crippen LogP contribution in [0.5, 0.6) is 11.5 Å². The van der Waals surface area contributed by atoms with Gasteiger partial charge in [-0.1, -0.05) is 61.2 Å². The first-order valence-corrected chi connectivity index (χ1v) is 14.8. The molecule has 0 spiro atoms. The molecule has 5 rings (SSSR count). The molecule has 0 aromatic heterocycles. The predicted octanol–water partition coefficient (Wildman–Crippen LogP) is 5.83. The lowest BCUT2D eigenvalue weighted by atomic mass is 9.76. The minimum Gasteiger partial charge on any atom is -0.493 e. The molecule has 3 aromatic rings. The average molecular weight is 600 g/mol. The molecule has 1 aliphatic carbocycles. The first kappa shape index (κ1) is 30.1. The molecule has 222 valence electrons. The van der Waals surface area contributed by atoms with Crippen molar-refractivity contribution in [3.63, 3.8) is 0 Å². The van der Waals surface area contributed by atoms with Crippen LogP contribution in [0.1, 0.15) is 71.1 Å². The zero-order chi connectivity index (χ0) is 30.7. The van der Waals surface area contributed by atoms with Gasteiger partial charge in [0.25, 0.3) is 0 Å². The van der Waals surface area contributed by atoms with Crippen LogP contribution < -0.4 is 15.2 Å². The van der Waals surface area contributed by atoms with Crippen LogP contribution in [-0.2, 0) is 9.59 Å². The number of nitrogens with zero attached hydrogens (tertiary/aromatic N) is 2. The molecular weight excluding hydrogens is 566 g/mol. The molecule has 1 aliphatic heterocycles. The summed E-state index contributed by atoms with van der Waals surface area (Å²) in [6.45, 7) is 0. The number of halogens is 1. The number of benzene rings is 3. The van der Waals surface area contributed by atoms with Crippen LogP contribution in [0.2, 0.25) is 5.02 Å². The Kier molecular flexibility index (Phi) is 9.02. The number of hydrogen-bond donors (Lipinski definition) is 1. The number of nitriles is 1. The summed E-state index contributed by atoms with van der Waals surface area (Å²) in [6, 6.07) is 18.8. The molecule has 9 heteroatoms. The van der Waals surface area contributed by atoms with Gasteiger partial charge in [-0.15, -0.1) is 0 Å². The number of ketones is 1. The maximum atomic E-state index is 14.6. The third-order valence-electron chi connectivity index (χ3n) is 8.77. The number of methoxy groups -OCH3 is 2. The van der Waals surface area contributed by atoms with E-state index >= 15 is 0 Å². The fraction of sp³-hybridized carbons (Fsp3) is 0.353. The molecule has 1 heterocycles. The van der Waals surface area contributed by atoms with Gasteiger partial charge in [-0.05, 0) is 60.4 Å². The van der Waals surface area contributed by atoms with Gasteiger partial charge >= 0.3 is 0 Å². The van der Waals surface area contributed by atoms with Crippen molar-refractivity contribution < 1.29 is 23.9 Å². The lowest BCUT2D eigenvalue weighted by molar-refractivity contribution is -0.144. The molecule has 2 fully saturated rings. The van der Waals surface area contributed by atoms with Crippen molar-refractivity contribution in [2.45, 2.75) is 50.1 Å². The Bertz CT molecular complexity index is 1540. The zero-order valence-electron chi connectivity index (χ0n) is 24.2. The second kappa shape index (κ2) is 12.9. The van der Waals surface area contributed by atoms with Gasteiger partial charge in [0.15, 0.2) is 17.3 Å². The lowest BCUT2D eigenvalue weighted by Crippen LogP contribution is -2.49. The molecule has 2 aliphatic rings. The molecule has 0 radical (unpaired) electrons. The van der Waals surface area contributed by atoms with Gasteiger partial charge in [-0.3, -0.25) is 14.4 Å². The Morgan fingerprint density at radius 3 is 2.09 bits per heavy atom. The number of amides is 2. The van der Waals surface area contributed by atoms with Gasteiger partial charge in [-0.25, -0.2) is 0 Å². The number of hydrogen-bond acceptors (Lipinski definition) is 6. The molecule has 4 unspecified atom stereocenters. The van der Waals surface area contributed by atoms with Gasteiger partial charge in [0.1, 0.15) is 6.04 Å². The van der Waals surface area contributed by atoms with E-state index < -0.39 is 29.8 Å². The molecule has 43 heavy (non-hydrogen) atoms. The van der Waals surface area contributed by atoms with E-state index in [4.69, 9.17) is 26.8 Å². The predicted molar refractivity (Wildman–Crippen MR) is 162 cm³/mol. The number of nitrogens with two attached hydrogens (primary N) is 1. The topological polar surface area (TPSA) is 123 Å². The van der Waals surface area contributed by atoms with Gasteiger partial charge in [0.05, 0.1) is 37.8 Å². The number of carbonyl (C=O) groups is 3. The first-order valence-electron chi connectivity index (χ1n) is 14.4. The van der Waals surface area contributed by atoms with Crippen molar-refractivity contribution in [2.24, 2.45) is 17.6 Å². The molecule has 1 saturated carbocycles. The van der Waals surface area contributed by atoms with Crippen molar-refractivity contribution in [1.29, 1.82) is 5.26 Å².